The van der Waals surface area contributed by atoms with Crippen LogP contribution in [-0.2, 0) is 12.4 Å². The zero-order valence-corrected chi connectivity index (χ0v) is 8.74. The summed E-state index contributed by atoms with van der Waals surface area (Å²) in [6, 6.07) is 0. The molecule has 0 aliphatic heterocycles. The monoisotopic (exact) mass is 300 g/mol. The van der Waals surface area contributed by atoms with Gasteiger partial charge in [-0.25, -0.2) is 13.2 Å². The van der Waals surface area contributed by atoms with Crippen LogP contribution in [0.25, 0.3) is 0 Å². The maximum absolute atomic E-state index is 13.0. The maximum Gasteiger partial charge on any atom is 0.420 e. The number of hydrogen-bond acceptors (Lipinski definition) is 1. The van der Waals surface area contributed by atoms with E-state index in [4.69, 9.17) is 0 Å². The predicted molar refractivity (Wildman–Crippen MR) is 43.6 cm³/mol. The molecule has 0 amide bonds. The molecule has 1 aromatic rings. The predicted octanol–water partition coefficient (Wildman–Crippen LogP) is 4.43. The van der Waals surface area contributed by atoms with E-state index in [1.54, 1.807) is 0 Å². The number of alkyl halides is 6. The van der Waals surface area contributed by atoms with Crippen molar-refractivity contribution in [1.29, 1.82) is 0 Å². The van der Waals surface area contributed by atoms with Crippen LogP contribution >= 0.6 is 12.6 Å². The Morgan fingerprint density at radius 2 is 0.944 bits per heavy atom. The van der Waals surface area contributed by atoms with Gasteiger partial charge in [0.05, 0.1) is 4.90 Å². The van der Waals surface area contributed by atoms with Crippen molar-refractivity contribution in [3.63, 3.8) is 0 Å². The van der Waals surface area contributed by atoms with Gasteiger partial charge in [0.2, 0.25) is 0 Å². The van der Waals surface area contributed by atoms with Crippen LogP contribution in [0.3, 0.4) is 0 Å². The average molecular weight is 300 g/mol. The van der Waals surface area contributed by atoms with Crippen molar-refractivity contribution in [2.45, 2.75) is 17.2 Å². The molecule has 1 aromatic carbocycles. The number of benzene rings is 1. The Hall–Kier alpha value is -1.06. The van der Waals surface area contributed by atoms with Crippen molar-refractivity contribution < 1.29 is 39.5 Å². The summed E-state index contributed by atoms with van der Waals surface area (Å²) in [4.78, 5) is -1.77. The van der Waals surface area contributed by atoms with Crippen LogP contribution in [0.1, 0.15) is 11.1 Å². The number of hydrogen-bond donors (Lipinski definition) is 1. The quantitative estimate of drug-likeness (QED) is 0.409. The SMILES string of the molecule is Fc1c(F)c(C(F)(F)F)c(C(F)(F)F)c(F)c1S. The van der Waals surface area contributed by atoms with Crippen LogP contribution in [-0.4, -0.2) is 0 Å². The molecular formula is C8HF9S. The second-order valence-corrected chi connectivity index (χ2v) is 3.48. The Morgan fingerprint density at radius 3 is 1.28 bits per heavy atom. The Kier molecular flexibility index (Phi) is 3.54. The number of rotatable bonds is 0. The van der Waals surface area contributed by atoms with E-state index in [1.807, 2.05) is 0 Å². The van der Waals surface area contributed by atoms with Gasteiger partial charge in [0.25, 0.3) is 0 Å². The molecule has 0 aromatic heterocycles. The first kappa shape index (κ1) is 15.0. The highest BCUT2D eigenvalue weighted by Gasteiger charge is 2.49. The molecule has 0 nitrogen and oxygen atoms in total. The topological polar surface area (TPSA) is 0 Å². The van der Waals surface area contributed by atoms with Crippen molar-refractivity contribution in [3.8, 4) is 0 Å². The van der Waals surface area contributed by atoms with E-state index in [1.165, 1.54) is 0 Å². The molecule has 0 aliphatic carbocycles. The lowest BCUT2D eigenvalue weighted by atomic mass is 10.0. The van der Waals surface area contributed by atoms with Gasteiger partial charge in [0, 0.05) is 0 Å². The Bertz CT molecular complexity index is 440. The molecule has 0 N–H and O–H groups in total. The minimum absolute atomic E-state index is 1.77. The van der Waals surface area contributed by atoms with Gasteiger partial charge in [-0.05, 0) is 0 Å². The molecule has 10 heteroatoms. The van der Waals surface area contributed by atoms with Crippen molar-refractivity contribution in [2.24, 2.45) is 0 Å². The average Bonchev–Trinajstić information content (AvgIpc) is 2.16. The van der Waals surface area contributed by atoms with Crippen molar-refractivity contribution in [3.05, 3.63) is 28.6 Å². The first-order valence-electron chi connectivity index (χ1n) is 3.92. The van der Waals surface area contributed by atoms with Crippen molar-refractivity contribution in [2.75, 3.05) is 0 Å². The Labute approximate surface area is 98.8 Å². The lowest BCUT2D eigenvalue weighted by Crippen LogP contribution is -2.22. The second kappa shape index (κ2) is 4.25. The lowest BCUT2D eigenvalue weighted by Gasteiger charge is -2.18. The minimum atomic E-state index is -5.90. The summed E-state index contributed by atoms with van der Waals surface area (Å²) < 4.78 is 112. The van der Waals surface area contributed by atoms with Crippen LogP contribution in [0.4, 0.5) is 39.5 Å². The molecule has 0 heterocycles. The molecular weight excluding hydrogens is 299 g/mol. The van der Waals surface area contributed by atoms with Crippen LogP contribution in [0.15, 0.2) is 4.90 Å². The normalized spacial score (nSPS) is 13.0. The van der Waals surface area contributed by atoms with Crippen LogP contribution in [0, 0.1) is 17.5 Å². The summed E-state index contributed by atoms with van der Waals surface area (Å²) in [7, 11) is 0. The Balaban J connectivity index is 3.89. The van der Waals surface area contributed by atoms with Gasteiger partial charge >= 0.3 is 12.4 Å². The second-order valence-electron chi connectivity index (χ2n) is 3.04. The highest BCUT2D eigenvalue weighted by molar-refractivity contribution is 7.80. The third kappa shape index (κ3) is 2.38. The molecule has 0 fully saturated rings. The fraction of sp³-hybridized carbons (Fsp3) is 0.250. The third-order valence-electron chi connectivity index (χ3n) is 1.86. The maximum atomic E-state index is 13.0. The molecule has 102 valence electrons. The fourth-order valence-corrected chi connectivity index (χ4v) is 1.39. The van der Waals surface area contributed by atoms with E-state index in [2.05, 4.69) is 12.6 Å². The smallest absolute Gasteiger partial charge is 0.205 e. The first-order valence-corrected chi connectivity index (χ1v) is 4.37. The Morgan fingerprint density at radius 1 is 0.611 bits per heavy atom. The van der Waals surface area contributed by atoms with E-state index in [-0.39, 0.29) is 0 Å². The highest BCUT2D eigenvalue weighted by atomic mass is 32.1. The standard InChI is InChI=1S/C8HF9S/c9-3-1(7(12,13)14)2(8(15,16)17)4(10)6(18)5(3)11/h18H. The van der Waals surface area contributed by atoms with E-state index >= 15 is 0 Å². The molecule has 0 unspecified atom stereocenters. The minimum Gasteiger partial charge on any atom is -0.205 e. The molecule has 1 rings (SSSR count). The molecule has 0 saturated heterocycles. The van der Waals surface area contributed by atoms with E-state index < -0.39 is 45.8 Å². The van der Waals surface area contributed by atoms with E-state index in [9.17, 15) is 39.5 Å². The number of thiol groups is 1. The fourth-order valence-electron chi connectivity index (χ4n) is 1.18. The summed E-state index contributed by atoms with van der Waals surface area (Å²) in [5.74, 6) is -7.89. The van der Waals surface area contributed by atoms with Gasteiger partial charge < -0.3 is 0 Å². The molecule has 0 radical (unpaired) electrons. The lowest BCUT2D eigenvalue weighted by molar-refractivity contribution is -0.166. The summed E-state index contributed by atoms with van der Waals surface area (Å²) in [6.07, 6.45) is -11.8. The van der Waals surface area contributed by atoms with Gasteiger partial charge in [-0.15, -0.1) is 12.6 Å². The molecule has 0 spiro atoms. The molecule has 18 heavy (non-hydrogen) atoms. The van der Waals surface area contributed by atoms with Crippen LogP contribution in [0.2, 0.25) is 0 Å². The van der Waals surface area contributed by atoms with Gasteiger partial charge in [0.1, 0.15) is 11.1 Å². The molecule has 0 saturated carbocycles. The van der Waals surface area contributed by atoms with Crippen LogP contribution in [0.5, 0.6) is 0 Å². The van der Waals surface area contributed by atoms with Gasteiger partial charge in [-0.1, -0.05) is 0 Å². The highest BCUT2D eigenvalue weighted by Crippen LogP contribution is 2.45. The van der Waals surface area contributed by atoms with Crippen molar-refractivity contribution >= 4 is 12.6 Å². The summed E-state index contributed by atoms with van der Waals surface area (Å²) in [6.45, 7) is 0. The zero-order chi connectivity index (χ0) is 14.5. The van der Waals surface area contributed by atoms with Gasteiger partial charge in [0.15, 0.2) is 17.5 Å². The van der Waals surface area contributed by atoms with Crippen molar-refractivity contribution in [1.82, 2.24) is 0 Å². The zero-order valence-electron chi connectivity index (χ0n) is 7.85. The molecule has 0 atom stereocenters. The molecule has 0 bridgehead atoms. The van der Waals surface area contributed by atoms with Gasteiger partial charge in [-0.2, -0.15) is 26.3 Å². The summed E-state index contributed by atoms with van der Waals surface area (Å²) in [5, 5.41) is 0. The summed E-state index contributed by atoms with van der Waals surface area (Å²) >= 11 is 2.87. The third-order valence-corrected chi connectivity index (χ3v) is 2.26. The van der Waals surface area contributed by atoms with Crippen LogP contribution < -0.4 is 0 Å². The largest absolute Gasteiger partial charge is 0.420 e. The first-order chi connectivity index (χ1) is 7.89. The summed E-state index contributed by atoms with van der Waals surface area (Å²) in [5.41, 5.74) is -5.97. The molecule has 0 aliphatic rings. The van der Waals surface area contributed by atoms with E-state index in [0.717, 1.165) is 0 Å². The van der Waals surface area contributed by atoms with E-state index in [0.29, 0.717) is 0 Å². The number of halogens is 9. The van der Waals surface area contributed by atoms with Gasteiger partial charge in [-0.3, -0.25) is 0 Å².